The summed E-state index contributed by atoms with van der Waals surface area (Å²) in [5, 5.41) is 0.656. The SMILES string of the molecule is CCOc1ccc(C(=O)N2CCN(C(c3ccccc3)c3ccccc3)CC2)cc1COc1ccc(Cl)cc1. The third-order valence-electron chi connectivity index (χ3n) is 7.01. The molecule has 0 spiro atoms. The summed E-state index contributed by atoms with van der Waals surface area (Å²) in [7, 11) is 0. The maximum Gasteiger partial charge on any atom is 0.253 e. The summed E-state index contributed by atoms with van der Waals surface area (Å²) in [5.74, 6) is 1.46. The fraction of sp³-hybridized carbons (Fsp3) is 0.242. The maximum absolute atomic E-state index is 13.6. The third-order valence-corrected chi connectivity index (χ3v) is 7.26. The molecule has 0 bridgehead atoms. The van der Waals surface area contributed by atoms with Gasteiger partial charge < -0.3 is 14.4 Å². The van der Waals surface area contributed by atoms with Gasteiger partial charge in [0.05, 0.1) is 12.6 Å². The van der Waals surface area contributed by atoms with Crippen molar-refractivity contribution in [3.05, 3.63) is 130 Å². The molecule has 0 radical (unpaired) electrons. The lowest BCUT2D eigenvalue weighted by Gasteiger charge is -2.40. The number of hydrogen-bond donors (Lipinski definition) is 0. The van der Waals surface area contributed by atoms with Gasteiger partial charge in [-0.2, -0.15) is 0 Å². The van der Waals surface area contributed by atoms with Gasteiger partial charge in [-0.05, 0) is 60.5 Å². The van der Waals surface area contributed by atoms with E-state index in [1.165, 1.54) is 11.1 Å². The molecule has 0 atom stereocenters. The number of piperazine rings is 1. The number of ether oxygens (including phenoxy) is 2. The van der Waals surface area contributed by atoms with E-state index < -0.39 is 0 Å². The molecule has 0 unspecified atom stereocenters. The van der Waals surface area contributed by atoms with Crippen LogP contribution in [0.5, 0.6) is 11.5 Å². The van der Waals surface area contributed by atoms with Crippen molar-refractivity contribution in [2.45, 2.75) is 19.6 Å². The Labute approximate surface area is 235 Å². The molecule has 1 saturated heterocycles. The van der Waals surface area contributed by atoms with Gasteiger partial charge in [0, 0.05) is 42.3 Å². The molecule has 1 fully saturated rings. The number of hydrogen-bond acceptors (Lipinski definition) is 4. The lowest BCUT2D eigenvalue weighted by atomic mass is 9.96. The molecule has 4 aromatic carbocycles. The minimum absolute atomic E-state index is 0.0291. The molecule has 1 amide bonds. The van der Waals surface area contributed by atoms with Gasteiger partial charge >= 0.3 is 0 Å². The Bertz CT molecular complexity index is 1320. The first kappa shape index (κ1) is 26.8. The molecule has 0 N–H and O–H groups in total. The van der Waals surface area contributed by atoms with Crippen molar-refractivity contribution >= 4 is 17.5 Å². The van der Waals surface area contributed by atoms with Crippen LogP contribution >= 0.6 is 11.6 Å². The first-order valence-electron chi connectivity index (χ1n) is 13.4. The van der Waals surface area contributed by atoms with Crippen LogP contribution in [0.25, 0.3) is 0 Å². The average molecular weight is 541 g/mol. The summed E-state index contributed by atoms with van der Waals surface area (Å²) in [5.41, 5.74) is 4.01. The molecule has 5 nitrogen and oxygen atoms in total. The molecular weight excluding hydrogens is 508 g/mol. The number of amides is 1. The van der Waals surface area contributed by atoms with Crippen molar-refractivity contribution in [3.8, 4) is 11.5 Å². The Hall–Kier alpha value is -3.80. The zero-order valence-corrected chi connectivity index (χ0v) is 22.9. The van der Waals surface area contributed by atoms with Crippen LogP contribution in [0, 0.1) is 0 Å². The smallest absolute Gasteiger partial charge is 0.253 e. The van der Waals surface area contributed by atoms with E-state index in [2.05, 4.69) is 53.4 Å². The first-order chi connectivity index (χ1) is 19.1. The van der Waals surface area contributed by atoms with E-state index in [0.29, 0.717) is 42.6 Å². The standard InChI is InChI=1S/C33H33ClN2O3/c1-2-38-31-18-13-27(23-28(31)24-39-30-16-14-29(34)15-17-30)33(37)36-21-19-35(20-22-36)32(25-9-5-3-6-10-25)26-11-7-4-8-12-26/h3-18,23,32H,2,19-22,24H2,1H3. The van der Waals surface area contributed by atoms with Gasteiger partial charge in [0.15, 0.2) is 0 Å². The molecule has 1 aliphatic rings. The van der Waals surface area contributed by atoms with Gasteiger partial charge in [-0.3, -0.25) is 9.69 Å². The van der Waals surface area contributed by atoms with Crippen molar-refractivity contribution in [2.75, 3.05) is 32.8 Å². The summed E-state index contributed by atoms with van der Waals surface area (Å²) in [6.45, 7) is 5.70. The second kappa shape index (κ2) is 12.8. The van der Waals surface area contributed by atoms with Gasteiger partial charge in [-0.25, -0.2) is 0 Å². The maximum atomic E-state index is 13.6. The van der Waals surface area contributed by atoms with Gasteiger partial charge in [-0.15, -0.1) is 0 Å². The summed E-state index contributed by atoms with van der Waals surface area (Å²) < 4.78 is 11.8. The largest absolute Gasteiger partial charge is 0.493 e. The molecule has 4 aromatic rings. The highest BCUT2D eigenvalue weighted by atomic mass is 35.5. The Morgan fingerprint density at radius 1 is 0.795 bits per heavy atom. The molecule has 6 heteroatoms. The van der Waals surface area contributed by atoms with E-state index in [-0.39, 0.29) is 11.9 Å². The summed E-state index contributed by atoms with van der Waals surface area (Å²) in [6.07, 6.45) is 0. The van der Waals surface area contributed by atoms with Gasteiger partial charge in [-0.1, -0.05) is 72.3 Å². The fourth-order valence-corrected chi connectivity index (χ4v) is 5.19. The van der Waals surface area contributed by atoms with Crippen molar-refractivity contribution in [2.24, 2.45) is 0 Å². The van der Waals surface area contributed by atoms with E-state index in [1.54, 1.807) is 12.1 Å². The molecule has 5 rings (SSSR count). The van der Waals surface area contributed by atoms with Gasteiger partial charge in [0.1, 0.15) is 18.1 Å². The van der Waals surface area contributed by atoms with E-state index in [4.69, 9.17) is 21.1 Å². The van der Waals surface area contributed by atoms with E-state index >= 15 is 0 Å². The average Bonchev–Trinajstić information content (AvgIpc) is 2.99. The lowest BCUT2D eigenvalue weighted by Crippen LogP contribution is -2.49. The van der Waals surface area contributed by atoms with Crippen LogP contribution in [-0.2, 0) is 6.61 Å². The van der Waals surface area contributed by atoms with Crippen molar-refractivity contribution in [1.29, 1.82) is 0 Å². The number of benzene rings is 4. The number of carbonyl (C=O) groups is 1. The lowest BCUT2D eigenvalue weighted by molar-refractivity contribution is 0.0597. The quantitative estimate of drug-likeness (QED) is 0.232. The van der Waals surface area contributed by atoms with Crippen LogP contribution in [-0.4, -0.2) is 48.5 Å². The highest BCUT2D eigenvalue weighted by molar-refractivity contribution is 6.30. The molecule has 1 aliphatic heterocycles. The van der Waals surface area contributed by atoms with Crippen molar-refractivity contribution in [1.82, 2.24) is 9.80 Å². The van der Waals surface area contributed by atoms with Crippen molar-refractivity contribution in [3.63, 3.8) is 0 Å². The minimum Gasteiger partial charge on any atom is -0.493 e. The summed E-state index contributed by atoms with van der Waals surface area (Å²) in [4.78, 5) is 18.0. The summed E-state index contributed by atoms with van der Waals surface area (Å²) in [6, 6.07) is 34.2. The van der Waals surface area contributed by atoms with Crippen LogP contribution in [0.4, 0.5) is 0 Å². The number of nitrogens with zero attached hydrogens (tertiary/aromatic N) is 2. The molecule has 0 aliphatic carbocycles. The van der Waals surface area contributed by atoms with E-state index in [1.807, 2.05) is 54.3 Å². The first-order valence-corrected chi connectivity index (χ1v) is 13.8. The van der Waals surface area contributed by atoms with E-state index in [9.17, 15) is 4.79 Å². The Morgan fingerprint density at radius 2 is 1.41 bits per heavy atom. The Kier molecular flexibility index (Phi) is 8.82. The topological polar surface area (TPSA) is 42.0 Å². The molecule has 39 heavy (non-hydrogen) atoms. The fourth-order valence-electron chi connectivity index (χ4n) is 5.06. The van der Waals surface area contributed by atoms with Crippen LogP contribution in [0.3, 0.4) is 0 Å². The minimum atomic E-state index is 0.0291. The number of halogens is 1. The number of carbonyl (C=O) groups excluding carboxylic acids is 1. The Balaban J connectivity index is 1.28. The monoisotopic (exact) mass is 540 g/mol. The normalized spacial score (nSPS) is 13.9. The van der Waals surface area contributed by atoms with Crippen LogP contribution in [0.2, 0.25) is 5.02 Å². The van der Waals surface area contributed by atoms with Crippen LogP contribution < -0.4 is 9.47 Å². The molecule has 0 aromatic heterocycles. The van der Waals surface area contributed by atoms with Gasteiger partial charge in [0.25, 0.3) is 5.91 Å². The molecule has 0 saturated carbocycles. The van der Waals surface area contributed by atoms with E-state index in [0.717, 1.165) is 24.4 Å². The molecule has 1 heterocycles. The zero-order chi connectivity index (χ0) is 27.0. The summed E-state index contributed by atoms with van der Waals surface area (Å²) >= 11 is 5.99. The highest BCUT2D eigenvalue weighted by Gasteiger charge is 2.28. The van der Waals surface area contributed by atoms with Gasteiger partial charge in [0.2, 0.25) is 0 Å². The predicted molar refractivity (Wildman–Crippen MR) is 156 cm³/mol. The van der Waals surface area contributed by atoms with Crippen LogP contribution in [0.1, 0.15) is 40.0 Å². The third kappa shape index (κ3) is 6.62. The zero-order valence-electron chi connectivity index (χ0n) is 22.1. The van der Waals surface area contributed by atoms with Crippen molar-refractivity contribution < 1.29 is 14.3 Å². The molecule has 200 valence electrons. The second-order valence-electron chi connectivity index (χ2n) is 9.55. The second-order valence-corrected chi connectivity index (χ2v) is 9.99. The van der Waals surface area contributed by atoms with Crippen LogP contribution in [0.15, 0.2) is 103 Å². The molecular formula is C33H33ClN2O3. The Morgan fingerprint density at radius 3 is 2.00 bits per heavy atom. The highest BCUT2D eigenvalue weighted by Crippen LogP contribution is 2.30. The predicted octanol–water partition coefficient (Wildman–Crippen LogP) is 6.87. The number of rotatable bonds is 9.